The van der Waals surface area contributed by atoms with Gasteiger partial charge in [0.1, 0.15) is 5.82 Å². The van der Waals surface area contributed by atoms with Gasteiger partial charge in [-0.1, -0.05) is 32.0 Å². The molecule has 1 unspecified atom stereocenters. The second-order valence-corrected chi connectivity index (χ2v) is 6.19. The van der Waals surface area contributed by atoms with Crippen molar-refractivity contribution < 1.29 is 9.13 Å². The molecule has 0 heterocycles. The molecule has 1 saturated carbocycles. The van der Waals surface area contributed by atoms with Crippen molar-refractivity contribution in [3.63, 3.8) is 0 Å². The summed E-state index contributed by atoms with van der Waals surface area (Å²) in [4.78, 5) is 0. The predicted octanol–water partition coefficient (Wildman–Crippen LogP) is 4.46. The van der Waals surface area contributed by atoms with Crippen LogP contribution in [0.15, 0.2) is 24.3 Å². The summed E-state index contributed by atoms with van der Waals surface area (Å²) in [5, 5.41) is 3.48. The molecule has 0 radical (unpaired) electrons. The molecule has 2 rings (SSSR count). The third-order valence-electron chi connectivity index (χ3n) is 4.70. The highest BCUT2D eigenvalue weighted by Crippen LogP contribution is 2.43. The predicted molar refractivity (Wildman–Crippen MR) is 84.8 cm³/mol. The van der Waals surface area contributed by atoms with Gasteiger partial charge < -0.3 is 10.1 Å². The summed E-state index contributed by atoms with van der Waals surface area (Å²) in [5.41, 5.74) is 0.460. The van der Waals surface area contributed by atoms with Gasteiger partial charge in [0, 0.05) is 12.2 Å². The van der Waals surface area contributed by atoms with E-state index in [2.05, 4.69) is 19.2 Å². The van der Waals surface area contributed by atoms with E-state index in [0.717, 1.165) is 43.7 Å². The monoisotopic (exact) mass is 293 g/mol. The van der Waals surface area contributed by atoms with Crippen LogP contribution < -0.4 is 5.32 Å². The first-order chi connectivity index (χ1) is 10.1. The van der Waals surface area contributed by atoms with Crippen molar-refractivity contribution >= 4 is 0 Å². The molecule has 1 aliphatic carbocycles. The molecular formula is C18H28FNO. The molecule has 0 aromatic heterocycles. The van der Waals surface area contributed by atoms with Crippen LogP contribution in [0.4, 0.5) is 4.39 Å². The molecule has 0 bridgehead atoms. The highest BCUT2D eigenvalue weighted by atomic mass is 19.1. The number of ether oxygens (including phenoxy) is 1. The van der Waals surface area contributed by atoms with Crippen LogP contribution in [-0.4, -0.2) is 18.8 Å². The molecule has 0 aliphatic heterocycles. The van der Waals surface area contributed by atoms with Gasteiger partial charge in [-0.05, 0) is 51.1 Å². The Morgan fingerprint density at radius 1 is 1.29 bits per heavy atom. The quantitative estimate of drug-likeness (QED) is 0.836. The molecule has 3 heteroatoms. The Hall–Kier alpha value is -0.930. The average Bonchev–Trinajstić information content (AvgIpc) is 2.49. The van der Waals surface area contributed by atoms with E-state index < -0.39 is 0 Å². The lowest BCUT2D eigenvalue weighted by atomic mass is 9.73. The standard InChI is InChI=1S/C18H28FNO/c1-4-20-17(15-8-6-7-9-16(15)19)18(21-5-2)12-10-14(3)11-13-18/h6-9,14,17,20H,4-5,10-13H2,1-3H3. The van der Waals surface area contributed by atoms with Crippen molar-refractivity contribution in [3.8, 4) is 0 Å². The van der Waals surface area contributed by atoms with Gasteiger partial charge in [-0.25, -0.2) is 4.39 Å². The van der Waals surface area contributed by atoms with Gasteiger partial charge in [0.05, 0.1) is 11.6 Å². The van der Waals surface area contributed by atoms with Crippen molar-refractivity contribution in [1.82, 2.24) is 5.32 Å². The van der Waals surface area contributed by atoms with Crippen LogP contribution in [0.25, 0.3) is 0 Å². The zero-order valence-corrected chi connectivity index (χ0v) is 13.5. The molecule has 0 spiro atoms. The number of likely N-dealkylation sites (N-methyl/N-ethyl adjacent to an activating group) is 1. The molecule has 0 amide bonds. The van der Waals surface area contributed by atoms with Gasteiger partial charge in [0.15, 0.2) is 0 Å². The minimum Gasteiger partial charge on any atom is -0.373 e. The van der Waals surface area contributed by atoms with Gasteiger partial charge in [0.2, 0.25) is 0 Å². The van der Waals surface area contributed by atoms with Crippen molar-refractivity contribution in [1.29, 1.82) is 0 Å². The van der Waals surface area contributed by atoms with Crippen LogP contribution in [0.5, 0.6) is 0 Å². The molecule has 2 nitrogen and oxygen atoms in total. The maximum Gasteiger partial charge on any atom is 0.128 e. The molecule has 1 fully saturated rings. The normalized spacial score (nSPS) is 27.5. The van der Waals surface area contributed by atoms with Gasteiger partial charge in [-0.2, -0.15) is 0 Å². The SMILES string of the molecule is CCNC(c1ccccc1F)C1(OCC)CCC(C)CC1. The van der Waals surface area contributed by atoms with Gasteiger partial charge in [-0.3, -0.25) is 0 Å². The molecule has 1 aromatic rings. The summed E-state index contributed by atoms with van der Waals surface area (Å²) in [6, 6.07) is 7.02. The Labute approximate surface area is 128 Å². The zero-order valence-electron chi connectivity index (χ0n) is 13.5. The van der Waals surface area contributed by atoms with E-state index in [-0.39, 0.29) is 17.5 Å². The van der Waals surface area contributed by atoms with Crippen LogP contribution in [0.3, 0.4) is 0 Å². The minimum absolute atomic E-state index is 0.0730. The van der Waals surface area contributed by atoms with E-state index in [1.54, 1.807) is 12.1 Å². The van der Waals surface area contributed by atoms with E-state index in [9.17, 15) is 4.39 Å². The van der Waals surface area contributed by atoms with Gasteiger partial charge >= 0.3 is 0 Å². The second kappa shape index (κ2) is 7.37. The van der Waals surface area contributed by atoms with Crippen LogP contribution >= 0.6 is 0 Å². The van der Waals surface area contributed by atoms with E-state index in [0.29, 0.717) is 6.61 Å². The fourth-order valence-electron chi connectivity index (χ4n) is 3.55. The van der Waals surface area contributed by atoms with Crippen molar-refractivity contribution in [2.24, 2.45) is 5.92 Å². The average molecular weight is 293 g/mol. The first-order valence-electron chi connectivity index (χ1n) is 8.24. The van der Waals surface area contributed by atoms with E-state index >= 15 is 0 Å². The minimum atomic E-state index is -0.278. The largest absolute Gasteiger partial charge is 0.373 e. The Kier molecular flexibility index (Phi) is 5.77. The molecule has 1 aromatic carbocycles. The molecule has 1 atom stereocenters. The number of nitrogens with one attached hydrogen (secondary N) is 1. The number of rotatable bonds is 6. The fraction of sp³-hybridized carbons (Fsp3) is 0.667. The maximum absolute atomic E-state index is 14.3. The van der Waals surface area contributed by atoms with Crippen molar-refractivity contribution in [2.75, 3.05) is 13.2 Å². The topological polar surface area (TPSA) is 21.3 Å². The van der Waals surface area contributed by atoms with Crippen LogP contribution in [0.2, 0.25) is 0 Å². The maximum atomic E-state index is 14.3. The highest BCUT2D eigenvalue weighted by Gasteiger charge is 2.43. The third kappa shape index (κ3) is 3.64. The van der Waals surface area contributed by atoms with Crippen LogP contribution in [0, 0.1) is 11.7 Å². The van der Waals surface area contributed by atoms with Gasteiger partial charge in [0.25, 0.3) is 0 Å². The molecule has 118 valence electrons. The van der Waals surface area contributed by atoms with E-state index in [4.69, 9.17) is 4.74 Å². The Balaban J connectivity index is 2.35. The molecular weight excluding hydrogens is 265 g/mol. The molecule has 1 N–H and O–H groups in total. The second-order valence-electron chi connectivity index (χ2n) is 6.19. The summed E-state index contributed by atoms with van der Waals surface area (Å²) < 4.78 is 20.5. The van der Waals surface area contributed by atoms with Crippen LogP contribution in [-0.2, 0) is 4.74 Å². The third-order valence-corrected chi connectivity index (χ3v) is 4.70. The summed E-state index contributed by atoms with van der Waals surface area (Å²) >= 11 is 0. The Morgan fingerprint density at radius 2 is 1.95 bits per heavy atom. The van der Waals surface area contributed by atoms with Crippen molar-refractivity contribution in [3.05, 3.63) is 35.6 Å². The first-order valence-corrected chi connectivity index (χ1v) is 8.24. The zero-order chi connectivity index (χ0) is 15.3. The van der Waals surface area contributed by atoms with Crippen molar-refractivity contribution in [2.45, 2.75) is 58.1 Å². The van der Waals surface area contributed by atoms with Gasteiger partial charge in [-0.15, -0.1) is 0 Å². The molecule has 21 heavy (non-hydrogen) atoms. The number of halogens is 1. The lowest BCUT2D eigenvalue weighted by molar-refractivity contribution is -0.0979. The Morgan fingerprint density at radius 3 is 2.52 bits per heavy atom. The van der Waals surface area contributed by atoms with E-state index in [1.807, 2.05) is 19.1 Å². The molecule has 0 saturated heterocycles. The lowest BCUT2D eigenvalue weighted by Gasteiger charge is -2.45. The van der Waals surface area contributed by atoms with E-state index in [1.165, 1.54) is 0 Å². The number of hydrogen-bond donors (Lipinski definition) is 1. The first kappa shape index (κ1) is 16.4. The van der Waals surface area contributed by atoms with Crippen LogP contribution in [0.1, 0.15) is 58.1 Å². The smallest absolute Gasteiger partial charge is 0.128 e. The summed E-state index contributed by atoms with van der Waals surface area (Å²) in [6.45, 7) is 7.87. The number of benzene rings is 1. The summed E-state index contributed by atoms with van der Waals surface area (Å²) in [6.07, 6.45) is 4.29. The molecule has 1 aliphatic rings. The summed E-state index contributed by atoms with van der Waals surface area (Å²) in [5.74, 6) is 0.600. The number of hydrogen-bond acceptors (Lipinski definition) is 2. The lowest BCUT2D eigenvalue weighted by Crippen LogP contribution is -2.48. The summed E-state index contributed by atoms with van der Waals surface area (Å²) in [7, 11) is 0. The highest BCUT2D eigenvalue weighted by molar-refractivity contribution is 5.25. The Bertz CT molecular complexity index is 441. The fourth-order valence-corrected chi connectivity index (χ4v) is 3.55.